The highest BCUT2D eigenvalue weighted by Crippen LogP contribution is 2.33. The van der Waals surface area contributed by atoms with Crippen LogP contribution >= 0.6 is 0 Å². The number of amides is 5. The van der Waals surface area contributed by atoms with Gasteiger partial charge in [-0.2, -0.15) is 0 Å². The van der Waals surface area contributed by atoms with Crippen LogP contribution in [-0.4, -0.2) is 48.9 Å². The quantitative estimate of drug-likeness (QED) is 0.631. The Morgan fingerprint density at radius 1 is 1.09 bits per heavy atom. The van der Waals surface area contributed by atoms with Crippen LogP contribution in [0.4, 0.5) is 16.2 Å². The summed E-state index contributed by atoms with van der Waals surface area (Å²) in [5.41, 5.74) is 0.684. The Kier molecular flexibility index (Phi) is 6.04. The van der Waals surface area contributed by atoms with Crippen LogP contribution in [-0.2, 0) is 19.9 Å². The first kappa shape index (κ1) is 22.3. The molecule has 0 bridgehead atoms. The van der Waals surface area contributed by atoms with E-state index in [1.165, 1.54) is 0 Å². The van der Waals surface area contributed by atoms with Gasteiger partial charge in [-0.15, -0.1) is 0 Å². The number of carbonyl (C=O) groups is 4. The zero-order chi connectivity index (χ0) is 23.6. The number of ether oxygens (including phenoxy) is 1. The first-order valence-corrected chi connectivity index (χ1v) is 10.9. The number of urea groups is 1. The summed E-state index contributed by atoms with van der Waals surface area (Å²) in [6.07, 6.45) is 1.71. The van der Waals surface area contributed by atoms with Crippen LogP contribution in [0.1, 0.15) is 31.7 Å². The summed E-state index contributed by atoms with van der Waals surface area (Å²) in [7, 11) is 1.55. The van der Waals surface area contributed by atoms with Crippen molar-refractivity contribution in [3.05, 3.63) is 54.1 Å². The van der Waals surface area contributed by atoms with Crippen molar-refractivity contribution in [3.63, 3.8) is 0 Å². The molecule has 2 heterocycles. The number of nitrogens with one attached hydrogen (secondary N) is 2. The maximum Gasteiger partial charge on any atom is 0.325 e. The number of imide groups is 1. The Balaban J connectivity index is 1.43. The number of methoxy groups -OCH3 is 1. The third-order valence-electron chi connectivity index (χ3n) is 6.13. The molecule has 9 heteroatoms. The Labute approximate surface area is 191 Å². The van der Waals surface area contributed by atoms with Crippen LogP contribution in [0.5, 0.6) is 5.75 Å². The predicted molar refractivity (Wildman–Crippen MR) is 122 cm³/mol. The number of anilines is 2. The molecule has 2 saturated heterocycles. The normalized spacial score (nSPS) is 20.2. The van der Waals surface area contributed by atoms with E-state index in [0.717, 1.165) is 17.0 Å². The van der Waals surface area contributed by atoms with E-state index in [2.05, 4.69) is 10.6 Å². The van der Waals surface area contributed by atoms with E-state index in [1.807, 2.05) is 0 Å². The summed E-state index contributed by atoms with van der Waals surface area (Å²) in [4.78, 5) is 53.0. The van der Waals surface area contributed by atoms with Crippen LogP contribution < -0.4 is 20.3 Å². The second-order valence-corrected chi connectivity index (χ2v) is 8.05. The first-order chi connectivity index (χ1) is 15.9. The van der Waals surface area contributed by atoms with E-state index in [-0.39, 0.29) is 5.91 Å². The Hall–Kier alpha value is -3.88. The van der Waals surface area contributed by atoms with Gasteiger partial charge in [-0.25, -0.2) is 4.79 Å². The van der Waals surface area contributed by atoms with Gasteiger partial charge in [0.25, 0.3) is 5.91 Å². The molecule has 2 aliphatic rings. The molecule has 172 valence electrons. The minimum Gasteiger partial charge on any atom is -0.497 e. The maximum atomic E-state index is 13.2. The SMILES string of the molecule is CC[C@]1(c2ccc(OC)cc2)NC(=O)N(CC(=O)Nc2ccc(N3CCCC3=O)cc2)C1=O. The van der Waals surface area contributed by atoms with Gasteiger partial charge in [0.2, 0.25) is 11.8 Å². The molecule has 0 radical (unpaired) electrons. The number of nitrogens with zero attached hydrogens (tertiary/aromatic N) is 2. The Bertz CT molecular complexity index is 1080. The fraction of sp³-hybridized carbons (Fsp3) is 0.333. The molecule has 2 aromatic rings. The van der Waals surface area contributed by atoms with Gasteiger partial charge in [0.1, 0.15) is 17.8 Å². The largest absolute Gasteiger partial charge is 0.497 e. The molecule has 33 heavy (non-hydrogen) atoms. The van der Waals surface area contributed by atoms with Gasteiger partial charge in [0.05, 0.1) is 7.11 Å². The van der Waals surface area contributed by atoms with E-state index in [0.29, 0.717) is 36.4 Å². The second-order valence-electron chi connectivity index (χ2n) is 8.05. The average molecular weight is 450 g/mol. The van der Waals surface area contributed by atoms with Crippen molar-refractivity contribution < 1.29 is 23.9 Å². The molecule has 2 fully saturated rings. The van der Waals surface area contributed by atoms with Crippen molar-refractivity contribution in [1.82, 2.24) is 10.2 Å². The molecular formula is C24H26N4O5. The van der Waals surface area contributed by atoms with E-state index < -0.39 is 29.9 Å². The van der Waals surface area contributed by atoms with Crippen molar-refractivity contribution in [2.75, 3.05) is 30.4 Å². The zero-order valence-corrected chi connectivity index (χ0v) is 18.6. The molecule has 0 aliphatic carbocycles. The molecule has 2 aliphatic heterocycles. The van der Waals surface area contributed by atoms with Gasteiger partial charge in [0, 0.05) is 24.3 Å². The molecule has 4 rings (SSSR count). The third kappa shape index (κ3) is 4.13. The summed E-state index contributed by atoms with van der Waals surface area (Å²) in [6.45, 7) is 2.08. The number of carbonyl (C=O) groups excluding carboxylic acids is 4. The number of hydrogen-bond acceptors (Lipinski definition) is 5. The van der Waals surface area contributed by atoms with E-state index in [1.54, 1.807) is 67.5 Å². The smallest absolute Gasteiger partial charge is 0.325 e. The fourth-order valence-electron chi connectivity index (χ4n) is 4.27. The van der Waals surface area contributed by atoms with Gasteiger partial charge in [0.15, 0.2) is 0 Å². The number of rotatable bonds is 7. The van der Waals surface area contributed by atoms with Gasteiger partial charge in [-0.1, -0.05) is 19.1 Å². The third-order valence-corrected chi connectivity index (χ3v) is 6.13. The van der Waals surface area contributed by atoms with Crippen molar-refractivity contribution in [1.29, 1.82) is 0 Å². The van der Waals surface area contributed by atoms with E-state index in [9.17, 15) is 19.2 Å². The van der Waals surface area contributed by atoms with Gasteiger partial charge < -0.3 is 20.3 Å². The summed E-state index contributed by atoms with van der Waals surface area (Å²) in [5, 5.41) is 5.47. The van der Waals surface area contributed by atoms with Crippen LogP contribution in [0.2, 0.25) is 0 Å². The Morgan fingerprint density at radius 3 is 2.36 bits per heavy atom. The minimum atomic E-state index is -1.23. The molecule has 2 aromatic carbocycles. The number of benzene rings is 2. The van der Waals surface area contributed by atoms with Gasteiger partial charge in [-0.3, -0.25) is 19.3 Å². The van der Waals surface area contributed by atoms with Gasteiger partial charge in [-0.05, 0) is 54.8 Å². The highest BCUT2D eigenvalue weighted by Gasteiger charge is 2.51. The van der Waals surface area contributed by atoms with Crippen molar-refractivity contribution in [2.24, 2.45) is 0 Å². The van der Waals surface area contributed by atoms with Crippen LogP contribution in [0.3, 0.4) is 0 Å². The number of hydrogen-bond donors (Lipinski definition) is 2. The second kappa shape index (κ2) is 8.93. The lowest BCUT2D eigenvalue weighted by molar-refractivity contribution is -0.134. The summed E-state index contributed by atoms with van der Waals surface area (Å²) in [6, 6.07) is 13.2. The van der Waals surface area contributed by atoms with Crippen molar-refractivity contribution in [2.45, 2.75) is 31.7 Å². The molecule has 5 amide bonds. The minimum absolute atomic E-state index is 0.0848. The van der Waals surface area contributed by atoms with Crippen LogP contribution in [0, 0.1) is 0 Å². The Morgan fingerprint density at radius 2 is 1.79 bits per heavy atom. The maximum absolute atomic E-state index is 13.2. The molecule has 0 spiro atoms. The van der Waals surface area contributed by atoms with Crippen LogP contribution in [0.25, 0.3) is 0 Å². The molecule has 9 nitrogen and oxygen atoms in total. The van der Waals surface area contributed by atoms with Crippen molar-refractivity contribution in [3.8, 4) is 5.75 Å². The monoisotopic (exact) mass is 450 g/mol. The van der Waals surface area contributed by atoms with Gasteiger partial charge >= 0.3 is 6.03 Å². The lowest BCUT2D eigenvalue weighted by Crippen LogP contribution is -2.44. The molecule has 0 unspecified atom stereocenters. The molecule has 0 saturated carbocycles. The highest BCUT2D eigenvalue weighted by atomic mass is 16.5. The molecule has 2 N–H and O–H groups in total. The first-order valence-electron chi connectivity index (χ1n) is 10.9. The van der Waals surface area contributed by atoms with Crippen molar-refractivity contribution >= 4 is 35.1 Å². The molecular weight excluding hydrogens is 424 g/mol. The zero-order valence-electron chi connectivity index (χ0n) is 18.6. The lowest BCUT2D eigenvalue weighted by Gasteiger charge is -2.26. The fourth-order valence-corrected chi connectivity index (χ4v) is 4.27. The summed E-state index contributed by atoms with van der Waals surface area (Å²) < 4.78 is 5.16. The predicted octanol–water partition coefficient (Wildman–Crippen LogP) is 2.62. The summed E-state index contributed by atoms with van der Waals surface area (Å²) >= 11 is 0. The highest BCUT2D eigenvalue weighted by molar-refractivity contribution is 6.10. The van der Waals surface area contributed by atoms with E-state index >= 15 is 0 Å². The molecule has 1 atom stereocenters. The summed E-state index contributed by atoms with van der Waals surface area (Å²) in [5.74, 6) is -0.247. The average Bonchev–Trinajstić information content (AvgIpc) is 3.36. The topological polar surface area (TPSA) is 108 Å². The molecule has 0 aromatic heterocycles. The standard InChI is InChI=1S/C24H26N4O5/c1-3-24(16-6-12-19(33-2)13-7-16)22(31)28(23(32)26-24)15-20(29)25-17-8-10-18(11-9-17)27-14-4-5-21(27)30/h6-13H,3-5,14-15H2,1-2H3,(H,25,29)(H,26,32)/t24-/m1/s1. The van der Waals surface area contributed by atoms with E-state index in [4.69, 9.17) is 4.74 Å². The lowest BCUT2D eigenvalue weighted by atomic mass is 9.87. The van der Waals surface area contributed by atoms with Crippen LogP contribution in [0.15, 0.2) is 48.5 Å².